The Morgan fingerprint density at radius 2 is 0.378 bits per heavy atom. The molecule has 3 aliphatic rings. The highest BCUT2D eigenvalue weighted by molar-refractivity contribution is 6.83. The van der Waals surface area contributed by atoms with Crippen LogP contribution in [0.25, 0.3) is 0 Å². The lowest BCUT2D eigenvalue weighted by Crippen LogP contribution is -2.75. The first kappa shape index (κ1) is 97.8. The van der Waals surface area contributed by atoms with Crippen molar-refractivity contribution in [3.05, 3.63) is 0 Å². The minimum Gasteiger partial charge on any atom is -0.390 e. The third kappa shape index (κ3) is 44.6. The molecule has 3 aliphatic heterocycles. The van der Waals surface area contributed by atoms with Gasteiger partial charge in [-0.05, 0) is 20.8 Å². The molecule has 3 heterocycles. The zero-order valence-corrected chi connectivity index (χ0v) is 61.9. The van der Waals surface area contributed by atoms with Gasteiger partial charge in [0.25, 0.3) is 0 Å². The summed E-state index contributed by atoms with van der Waals surface area (Å²) >= 11 is 0. The van der Waals surface area contributed by atoms with Crippen LogP contribution in [0, 0.1) is 0 Å². The van der Waals surface area contributed by atoms with Crippen molar-refractivity contribution in [1.29, 1.82) is 0 Å². The Balaban J connectivity index is -0.000000173. The summed E-state index contributed by atoms with van der Waals surface area (Å²) in [5.41, 5.74) is 0. The first-order chi connectivity index (χ1) is 35.2. The number of hydrogen-bond donors (Lipinski definition) is 25. The van der Waals surface area contributed by atoms with Crippen molar-refractivity contribution >= 4 is 172 Å². The van der Waals surface area contributed by atoms with Gasteiger partial charge in [0.15, 0.2) is 0 Å². The molecule has 66 heteroatoms. The quantitative estimate of drug-likeness (QED) is 0.0436. The highest BCUT2D eigenvalue weighted by Crippen LogP contribution is 2.33. The van der Waals surface area contributed by atoms with Crippen molar-refractivity contribution in [2.24, 2.45) is 0 Å². The first-order valence-corrected chi connectivity index (χ1v) is 46.3. The maximum absolute atomic E-state index is 8.89. The topological polar surface area (TPSA) is 718 Å². The Morgan fingerprint density at radius 3 is 0.451 bits per heavy atom. The molecule has 0 amide bonds. The maximum Gasteiger partial charge on any atom is 0.668 e. The van der Waals surface area contributed by atoms with Crippen LogP contribution in [-0.4, -0.2) is 333 Å². The van der Waals surface area contributed by atoms with Gasteiger partial charge >= 0.3 is 135 Å². The number of halogens is 3. The van der Waals surface area contributed by atoms with Gasteiger partial charge in [0, 0.05) is 89.8 Å². The predicted octanol–water partition coefficient (Wildman–Crippen LogP) is -14.7. The van der Waals surface area contributed by atoms with Crippen LogP contribution in [0.4, 0.5) is 0 Å². The monoisotopic (exact) mass is 1560 g/mol. The third-order valence-corrected chi connectivity index (χ3v) is 37.8. The van der Waals surface area contributed by atoms with Crippen LogP contribution in [0.2, 0.25) is 13.1 Å². The molecule has 48 nitrogen and oxygen atoms in total. The van der Waals surface area contributed by atoms with Crippen molar-refractivity contribution in [1.82, 2.24) is 0 Å². The Bertz CT molecular complexity index is 1310. The van der Waals surface area contributed by atoms with E-state index in [-0.39, 0.29) is 37.2 Å². The van der Waals surface area contributed by atoms with Gasteiger partial charge in [-0.1, -0.05) is 0 Å². The first-order valence-electron chi connectivity index (χ1n) is 19.7. The normalized spacial score (nSPS) is 22.8. The van der Waals surface area contributed by atoms with Crippen LogP contribution in [0.3, 0.4) is 0 Å². The highest BCUT2D eigenvalue weighted by Gasteiger charge is 2.74. The van der Waals surface area contributed by atoms with E-state index in [1.54, 1.807) is 0 Å². The summed E-state index contributed by atoms with van der Waals surface area (Å²) in [4.78, 5) is 195. The lowest BCUT2D eigenvalue weighted by atomic mass is 10.9. The summed E-state index contributed by atoms with van der Waals surface area (Å²) in [6, 6.07) is 0. The van der Waals surface area contributed by atoms with E-state index >= 15 is 0 Å². The molecule has 506 valence electrons. The molecule has 0 aliphatic carbocycles. The van der Waals surface area contributed by atoms with Crippen molar-refractivity contribution in [3.8, 4) is 0 Å². The third-order valence-electron chi connectivity index (χ3n) is 6.35. The summed E-state index contributed by atoms with van der Waals surface area (Å²) in [5.74, 6) is 0. The Labute approximate surface area is 499 Å². The van der Waals surface area contributed by atoms with Gasteiger partial charge < -0.3 is 208 Å². The fourth-order valence-corrected chi connectivity index (χ4v) is 34.5. The van der Waals surface area contributed by atoms with E-state index in [1.165, 1.54) is 56.9 Å². The second-order valence-corrected chi connectivity index (χ2v) is 44.5. The van der Waals surface area contributed by atoms with Gasteiger partial charge in [-0.15, -0.1) is 37.2 Å². The van der Waals surface area contributed by atoms with Gasteiger partial charge in [-0.3, -0.25) is 10.5 Å². The fraction of sp³-hybridized carbons (Fsp3) is 1.00. The molecule has 0 bridgehead atoms. The lowest BCUT2D eigenvalue weighted by Gasteiger charge is -2.43. The number of rotatable bonds is 14. The maximum atomic E-state index is 8.89. The minimum atomic E-state index is -5.33. The lowest BCUT2D eigenvalue weighted by molar-refractivity contribution is -0.176. The standard InChI is InChI=1S/C8H24O12Si4.C7H18O3Si.CH6O3Si.3ClH.2H8O12Si4.H4O4Si.H2O2/c1-9-21(10-2)17-22(11-3,12-4)19-24(15-7,16-8)20-23(13-5,14-6)18-21;1-5-8-11(4,9-6-2)10-7-3;1-5(2,3)4;;;;2*1-13(2)9-14(3,4)11-16(7,8)12-15(5,6)10-13;1-5(2,3)4;1-2/h1-8H3;5-7H2,1-4H3;2-4H,1H3;3*1H;2*1-8H;1-4H;1-2H. The molecule has 25 N–H and O–H groups in total. The Hall–Kier alpha value is 2.20. The zero-order chi connectivity index (χ0) is 63.9. The van der Waals surface area contributed by atoms with Crippen LogP contribution in [0.1, 0.15) is 20.8 Å². The van der Waals surface area contributed by atoms with Crippen LogP contribution in [0.15, 0.2) is 0 Å². The molecule has 0 atom stereocenters. The molecule has 3 fully saturated rings. The average molecular weight is 1560 g/mol. The van der Waals surface area contributed by atoms with Crippen molar-refractivity contribution < 1.29 is 219 Å². The summed E-state index contributed by atoms with van der Waals surface area (Å²) in [6.07, 6.45) is 0. The van der Waals surface area contributed by atoms with E-state index in [2.05, 4.69) is 32.9 Å². The molecule has 0 radical (unpaired) electrons. The molecule has 0 unspecified atom stereocenters. The average Bonchev–Trinajstić information content (AvgIpc) is 3.21. The summed E-state index contributed by atoms with van der Waals surface area (Å²) in [7, 11) is -58.0. The molecular formula is C16H73Cl3O48Si15. The second kappa shape index (κ2) is 40.2. The minimum absolute atomic E-state index is 0. The molecule has 0 aromatic carbocycles. The zero-order valence-electron chi connectivity index (χ0n) is 44.4. The SMILES string of the molecule is CCO[Si](C)(OCC)OCC.CO[Si]1(OC)O[Si](OC)(OC)O[Si](OC)(OC)O[Si](OC)(OC)O1.C[Si](O)(O)O.Cl.Cl.Cl.OO.O[Si](O)(O)O.O[Si]1(O)O[Si](O)(O)O[Si](O)(O)O[Si](O)(O)O1.O[Si]1(O)O[Si](O)(O)O[Si](O)(O)O[Si](O)(O)O1. The Morgan fingerprint density at radius 1 is 0.280 bits per heavy atom. The molecule has 3 rings (SSSR count). The highest BCUT2D eigenvalue weighted by atomic mass is 35.5. The van der Waals surface area contributed by atoms with E-state index in [1.807, 2.05) is 27.3 Å². The summed E-state index contributed by atoms with van der Waals surface area (Å²) in [5, 5.41) is 12.0. The van der Waals surface area contributed by atoms with Crippen molar-refractivity contribution in [2.75, 3.05) is 76.7 Å². The van der Waals surface area contributed by atoms with E-state index in [0.717, 1.165) is 6.55 Å². The molecule has 3 saturated heterocycles. The van der Waals surface area contributed by atoms with Gasteiger partial charge in [0.05, 0.1) is 0 Å². The molecule has 0 aromatic heterocycles. The van der Waals surface area contributed by atoms with Gasteiger partial charge in [0.2, 0.25) is 0 Å². The fourth-order valence-electron chi connectivity index (χ4n) is 4.16. The van der Waals surface area contributed by atoms with Gasteiger partial charge in [0.1, 0.15) is 0 Å². The van der Waals surface area contributed by atoms with Crippen LogP contribution in [0.5, 0.6) is 0 Å². The molecule has 0 saturated carbocycles. The Kier molecular flexibility index (Phi) is 48.0. The summed E-state index contributed by atoms with van der Waals surface area (Å²) < 4.78 is 112. The summed E-state index contributed by atoms with van der Waals surface area (Å²) in [6.45, 7) is 10.7. The van der Waals surface area contributed by atoms with Gasteiger partial charge in [-0.25, -0.2) is 0 Å². The van der Waals surface area contributed by atoms with Crippen molar-refractivity contribution in [2.45, 2.75) is 33.9 Å². The smallest absolute Gasteiger partial charge is 0.390 e. The van der Waals surface area contributed by atoms with Crippen molar-refractivity contribution in [3.63, 3.8) is 0 Å². The van der Waals surface area contributed by atoms with Crippen LogP contribution < -0.4 is 0 Å². The second-order valence-electron chi connectivity index (χ2n) is 13.0. The largest absolute Gasteiger partial charge is 0.668 e. The molecule has 0 aromatic rings. The van der Waals surface area contributed by atoms with E-state index in [4.69, 9.17) is 186 Å². The van der Waals surface area contributed by atoms with Crippen LogP contribution in [-0.2, 0) is 98.1 Å². The van der Waals surface area contributed by atoms with E-state index in [9.17, 15) is 0 Å². The van der Waals surface area contributed by atoms with Gasteiger partial charge in [-0.2, -0.15) is 0 Å². The predicted molar refractivity (Wildman–Crippen MR) is 280 cm³/mol. The van der Waals surface area contributed by atoms with Crippen LogP contribution >= 0.6 is 37.2 Å². The molecule has 0 spiro atoms. The van der Waals surface area contributed by atoms with E-state index in [0.29, 0.717) is 19.8 Å². The van der Waals surface area contributed by atoms with E-state index < -0.39 is 135 Å². The molecule has 82 heavy (non-hydrogen) atoms. The molecular weight excluding hydrogens is 1490 g/mol. The number of hydrogen-bond acceptors (Lipinski definition) is 48.